The van der Waals surface area contributed by atoms with Gasteiger partial charge in [-0.25, -0.2) is 0 Å². The lowest BCUT2D eigenvalue weighted by molar-refractivity contribution is -0.143. The van der Waals surface area contributed by atoms with Gasteiger partial charge in [0.05, 0.1) is 25.4 Å². The highest BCUT2D eigenvalue weighted by molar-refractivity contribution is 5.76. The third-order valence-corrected chi connectivity index (χ3v) is 16.2. The number of unbranched alkanes of at least 4 members (excludes halogenated alkanes) is 50. The molecule has 3 N–H and O–H groups in total. The quantitative estimate of drug-likeness (QED) is 0.0320. The lowest BCUT2D eigenvalue weighted by atomic mass is 10.0. The average Bonchev–Trinajstić information content (AvgIpc) is 3.42. The van der Waals surface area contributed by atoms with Crippen molar-refractivity contribution in [2.24, 2.45) is 0 Å². The summed E-state index contributed by atoms with van der Waals surface area (Å²) in [5.74, 6) is -0.0281. The van der Waals surface area contributed by atoms with Crippen LogP contribution in [0.4, 0.5) is 0 Å². The van der Waals surface area contributed by atoms with Gasteiger partial charge in [-0.15, -0.1) is 0 Å². The Kier molecular flexibility index (Phi) is 64.4. The summed E-state index contributed by atoms with van der Waals surface area (Å²) < 4.78 is 5.49. The molecule has 0 aromatic carbocycles. The summed E-state index contributed by atoms with van der Waals surface area (Å²) in [5.41, 5.74) is 0. The summed E-state index contributed by atoms with van der Waals surface area (Å²) in [7, 11) is 0. The summed E-state index contributed by atoms with van der Waals surface area (Å²) in [6.07, 6.45) is 82.1. The molecule has 2 atom stereocenters. The zero-order chi connectivity index (χ0) is 55.0. The second-order valence-electron chi connectivity index (χ2n) is 23.9. The van der Waals surface area contributed by atoms with E-state index in [0.717, 1.165) is 44.9 Å². The Balaban J connectivity index is 3.39. The van der Waals surface area contributed by atoms with Crippen LogP contribution in [0, 0.1) is 0 Å². The van der Waals surface area contributed by atoms with Crippen molar-refractivity contribution in [1.29, 1.82) is 0 Å². The van der Waals surface area contributed by atoms with Gasteiger partial charge in [-0.2, -0.15) is 0 Å². The number of carbonyl (C=O) groups excluding carboxylic acids is 2. The largest absolute Gasteiger partial charge is 0.466 e. The van der Waals surface area contributed by atoms with E-state index in [1.54, 1.807) is 0 Å². The van der Waals surface area contributed by atoms with E-state index in [2.05, 4.69) is 43.5 Å². The SMILES string of the molecule is CCCCCCCC/C=C\CCCCCCCC(=O)OCCCCCCCCCCCCCC/C=C\CCCCCCCCCCCC(=O)NC(CO)C(O)CCCCCCCCCCCCCCCCCCCCC. The van der Waals surface area contributed by atoms with Gasteiger partial charge in [-0.3, -0.25) is 9.59 Å². The molecule has 0 saturated heterocycles. The Hall–Kier alpha value is -1.66. The second-order valence-corrected chi connectivity index (χ2v) is 23.9. The average molecular weight is 1070 g/mol. The maximum atomic E-state index is 12.5. The number of aliphatic hydroxyl groups excluding tert-OH is 2. The number of nitrogens with one attached hydrogen (secondary N) is 1. The molecule has 0 rings (SSSR count). The van der Waals surface area contributed by atoms with Crippen molar-refractivity contribution < 1.29 is 24.5 Å². The Morgan fingerprint density at radius 2 is 0.618 bits per heavy atom. The van der Waals surface area contributed by atoms with E-state index in [1.807, 2.05) is 0 Å². The lowest BCUT2D eigenvalue weighted by Gasteiger charge is -2.22. The fraction of sp³-hybridized carbons (Fsp3) is 0.914. The standard InChI is InChI=1S/C70H135NO5/c1-3-5-7-9-11-13-15-17-19-20-28-31-35-38-42-46-50-54-58-62-68(73)67(66-72)71-69(74)63-59-55-51-47-43-39-36-32-29-26-24-22-21-23-25-27-30-33-37-41-45-49-53-57-61-65-76-70(75)64-60-56-52-48-44-40-34-18-16-14-12-10-8-6-4-2/h18,22,24,34,67-68,72-73H,3-17,19-21,23,25-33,35-66H2,1-2H3,(H,71,74)/b24-22-,34-18-. The monoisotopic (exact) mass is 1070 g/mol. The van der Waals surface area contributed by atoms with Crippen LogP contribution < -0.4 is 5.32 Å². The molecule has 0 aliphatic rings. The molecule has 0 heterocycles. The third-order valence-electron chi connectivity index (χ3n) is 16.2. The van der Waals surface area contributed by atoms with Gasteiger partial charge >= 0.3 is 5.97 Å². The zero-order valence-corrected chi connectivity index (χ0v) is 51.5. The first-order valence-electron chi connectivity index (χ1n) is 34.6. The molecular formula is C70H135NO5. The van der Waals surface area contributed by atoms with Crippen LogP contribution >= 0.6 is 0 Å². The summed E-state index contributed by atoms with van der Waals surface area (Å²) in [4.78, 5) is 24.6. The van der Waals surface area contributed by atoms with Crippen LogP contribution in [-0.4, -0.2) is 47.4 Å². The van der Waals surface area contributed by atoms with Gasteiger partial charge in [-0.1, -0.05) is 321 Å². The fourth-order valence-corrected chi connectivity index (χ4v) is 10.9. The molecule has 0 aromatic heterocycles. The maximum Gasteiger partial charge on any atom is 0.305 e. The van der Waals surface area contributed by atoms with E-state index in [0.29, 0.717) is 25.9 Å². The Labute approximate surface area is 475 Å². The van der Waals surface area contributed by atoms with E-state index in [1.165, 1.54) is 308 Å². The van der Waals surface area contributed by atoms with Crippen LogP contribution in [0.2, 0.25) is 0 Å². The fourth-order valence-electron chi connectivity index (χ4n) is 10.9. The van der Waals surface area contributed by atoms with Gasteiger partial charge in [0.2, 0.25) is 5.91 Å². The van der Waals surface area contributed by atoms with Crippen molar-refractivity contribution in [3.63, 3.8) is 0 Å². The van der Waals surface area contributed by atoms with Crippen molar-refractivity contribution in [3.8, 4) is 0 Å². The number of amides is 1. The maximum absolute atomic E-state index is 12.5. The first kappa shape index (κ1) is 74.3. The zero-order valence-electron chi connectivity index (χ0n) is 51.5. The molecule has 2 unspecified atom stereocenters. The van der Waals surface area contributed by atoms with Crippen molar-refractivity contribution in [1.82, 2.24) is 5.32 Å². The summed E-state index contributed by atoms with van der Waals surface area (Å²) >= 11 is 0. The molecule has 6 heteroatoms. The minimum Gasteiger partial charge on any atom is -0.466 e. The normalized spacial score (nSPS) is 12.6. The van der Waals surface area contributed by atoms with Gasteiger partial charge in [0.1, 0.15) is 0 Å². The lowest BCUT2D eigenvalue weighted by Crippen LogP contribution is -2.45. The van der Waals surface area contributed by atoms with E-state index in [-0.39, 0.29) is 18.5 Å². The van der Waals surface area contributed by atoms with Crippen LogP contribution in [-0.2, 0) is 14.3 Å². The molecule has 0 saturated carbocycles. The smallest absolute Gasteiger partial charge is 0.305 e. The molecular weight excluding hydrogens is 935 g/mol. The van der Waals surface area contributed by atoms with Gasteiger partial charge in [0, 0.05) is 12.8 Å². The summed E-state index contributed by atoms with van der Waals surface area (Å²) in [6.45, 7) is 4.98. The molecule has 1 amide bonds. The van der Waals surface area contributed by atoms with Crippen LogP contribution in [0.25, 0.3) is 0 Å². The molecule has 0 aliphatic carbocycles. The number of esters is 1. The number of carbonyl (C=O) groups is 2. The van der Waals surface area contributed by atoms with E-state index >= 15 is 0 Å². The van der Waals surface area contributed by atoms with Gasteiger partial charge < -0.3 is 20.3 Å². The molecule has 0 radical (unpaired) electrons. The molecule has 6 nitrogen and oxygen atoms in total. The topological polar surface area (TPSA) is 95.9 Å². The number of hydrogen-bond acceptors (Lipinski definition) is 5. The number of aliphatic hydroxyl groups is 2. The van der Waals surface area contributed by atoms with E-state index < -0.39 is 12.1 Å². The van der Waals surface area contributed by atoms with Gasteiger partial charge in [0.15, 0.2) is 0 Å². The molecule has 0 aliphatic heterocycles. The first-order chi connectivity index (χ1) is 37.5. The first-order valence-corrected chi connectivity index (χ1v) is 34.6. The van der Waals surface area contributed by atoms with Crippen LogP contribution in [0.15, 0.2) is 24.3 Å². The van der Waals surface area contributed by atoms with Crippen molar-refractivity contribution >= 4 is 11.9 Å². The highest BCUT2D eigenvalue weighted by Gasteiger charge is 2.20. The van der Waals surface area contributed by atoms with Crippen LogP contribution in [0.1, 0.15) is 386 Å². The molecule has 0 spiro atoms. The van der Waals surface area contributed by atoms with E-state index in [4.69, 9.17) is 4.74 Å². The Morgan fingerprint density at radius 3 is 0.934 bits per heavy atom. The highest BCUT2D eigenvalue weighted by Crippen LogP contribution is 2.18. The van der Waals surface area contributed by atoms with Crippen LogP contribution in [0.5, 0.6) is 0 Å². The predicted molar refractivity (Wildman–Crippen MR) is 333 cm³/mol. The number of hydrogen-bond donors (Lipinski definition) is 3. The van der Waals surface area contributed by atoms with Gasteiger partial charge in [-0.05, 0) is 77.0 Å². The number of allylic oxidation sites excluding steroid dienone is 4. The molecule has 0 bridgehead atoms. The molecule has 0 fully saturated rings. The summed E-state index contributed by atoms with van der Waals surface area (Å²) in [5, 5.41) is 23.4. The molecule has 76 heavy (non-hydrogen) atoms. The van der Waals surface area contributed by atoms with Crippen molar-refractivity contribution in [3.05, 3.63) is 24.3 Å². The van der Waals surface area contributed by atoms with Crippen LogP contribution in [0.3, 0.4) is 0 Å². The number of rotatable bonds is 65. The number of ether oxygens (including phenoxy) is 1. The Bertz CT molecular complexity index is 1190. The van der Waals surface area contributed by atoms with Crippen molar-refractivity contribution in [2.45, 2.75) is 398 Å². The third kappa shape index (κ3) is 61.6. The minimum absolute atomic E-state index is 0.00628. The summed E-state index contributed by atoms with van der Waals surface area (Å²) in [6, 6.07) is -0.544. The van der Waals surface area contributed by atoms with Crippen molar-refractivity contribution in [2.75, 3.05) is 13.2 Å². The Morgan fingerprint density at radius 1 is 0.355 bits per heavy atom. The predicted octanol–water partition coefficient (Wildman–Crippen LogP) is 22.1. The second kappa shape index (κ2) is 65.9. The minimum atomic E-state index is -0.667. The van der Waals surface area contributed by atoms with E-state index in [9.17, 15) is 19.8 Å². The molecule has 0 aromatic rings. The van der Waals surface area contributed by atoms with Gasteiger partial charge in [0.25, 0.3) is 0 Å². The highest BCUT2D eigenvalue weighted by atomic mass is 16.5. The molecule has 450 valence electrons.